The normalized spacial score (nSPS) is 50.5. The zero-order valence-corrected chi connectivity index (χ0v) is 21.2. The SMILES string of the molecule is C[C@]12CC=C3[C@@H](CC[C@@H]4C[C@H]([N+]5(C)CCCC5)CC[C@]34C)[C@@H]1CC[C@@H]2[N+]1(C)CCCC1. The maximum atomic E-state index is 2.86. The Bertz CT molecular complexity index is 742. The van der Waals surface area contributed by atoms with Gasteiger partial charge in [-0.15, -0.1) is 0 Å². The Morgan fingerprint density at radius 2 is 1.48 bits per heavy atom. The standard InChI is InChI=1S/C29H50N2/c1-28-15-13-23(30(3)17-5-6-18-30)21-22(28)9-10-24-25-11-12-27(31(4)19-7-8-20-31)29(25,2)16-14-26(24)28/h14,22-25,27H,5-13,15-21H2,1-4H3/q+2/t22-,23-,24+,25+,27+,28+,29+/m1/s1. The molecule has 31 heavy (non-hydrogen) atoms. The topological polar surface area (TPSA) is 0 Å². The first kappa shape index (κ1) is 21.2. The number of nitrogens with zero attached hydrogens (tertiary/aromatic N) is 2. The van der Waals surface area contributed by atoms with Crippen LogP contribution in [-0.4, -0.2) is 61.3 Å². The summed E-state index contributed by atoms with van der Waals surface area (Å²) in [6.07, 6.45) is 20.7. The van der Waals surface area contributed by atoms with Crippen molar-refractivity contribution in [2.24, 2.45) is 28.6 Å². The number of likely N-dealkylation sites (tertiary alicyclic amines) is 2. The number of hydrogen-bond acceptors (Lipinski definition) is 0. The minimum Gasteiger partial charge on any atom is -0.324 e. The number of fused-ring (bicyclic) bond motifs is 5. The van der Waals surface area contributed by atoms with E-state index in [1.807, 2.05) is 5.57 Å². The van der Waals surface area contributed by atoms with E-state index in [0.29, 0.717) is 10.8 Å². The highest BCUT2D eigenvalue weighted by Gasteiger charge is 2.62. The van der Waals surface area contributed by atoms with E-state index in [1.165, 1.54) is 112 Å². The maximum absolute atomic E-state index is 2.86. The van der Waals surface area contributed by atoms with Gasteiger partial charge in [0.2, 0.25) is 0 Å². The van der Waals surface area contributed by atoms with Crippen LogP contribution in [0.1, 0.15) is 90.9 Å². The Balaban J connectivity index is 1.26. The van der Waals surface area contributed by atoms with Crippen molar-refractivity contribution in [3.05, 3.63) is 11.6 Å². The van der Waals surface area contributed by atoms with Crippen LogP contribution in [0.3, 0.4) is 0 Å². The molecule has 2 heterocycles. The summed E-state index contributed by atoms with van der Waals surface area (Å²) in [6, 6.07) is 1.89. The van der Waals surface area contributed by atoms with E-state index < -0.39 is 0 Å². The molecule has 2 nitrogen and oxygen atoms in total. The smallest absolute Gasteiger partial charge is 0.0948 e. The van der Waals surface area contributed by atoms with E-state index in [9.17, 15) is 0 Å². The van der Waals surface area contributed by atoms with Gasteiger partial charge in [0.1, 0.15) is 0 Å². The van der Waals surface area contributed by atoms with Gasteiger partial charge in [-0.1, -0.05) is 25.5 Å². The van der Waals surface area contributed by atoms with Crippen molar-refractivity contribution in [3.63, 3.8) is 0 Å². The van der Waals surface area contributed by atoms with Crippen LogP contribution < -0.4 is 0 Å². The second-order valence-corrected chi connectivity index (χ2v) is 14.1. The average Bonchev–Trinajstić information content (AvgIpc) is 3.46. The fourth-order valence-electron chi connectivity index (χ4n) is 10.9. The molecule has 6 aliphatic rings. The highest BCUT2D eigenvalue weighted by Crippen LogP contribution is 2.65. The van der Waals surface area contributed by atoms with Gasteiger partial charge in [0.15, 0.2) is 0 Å². The van der Waals surface area contributed by atoms with Crippen molar-refractivity contribution < 1.29 is 8.97 Å². The van der Waals surface area contributed by atoms with Crippen LogP contribution in [0.15, 0.2) is 11.6 Å². The van der Waals surface area contributed by atoms with Crippen molar-refractivity contribution in [1.82, 2.24) is 0 Å². The van der Waals surface area contributed by atoms with E-state index in [1.54, 1.807) is 0 Å². The largest absolute Gasteiger partial charge is 0.324 e. The highest BCUT2D eigenvalue weighted by molar-refractivity contribution is 5.29. The van der Waals surface area contributed by atoms with E-state index in [2.05, 4.69) is 34.0 Å². The molecule has 6 rings (SSSR count). The van der Waals surface area contributed by atoms with Crippen molar-refractivity contribution >= 4 is 0 Å². The summed E-state index contributed by atoms with van der Waals surface area (Å²) in [5.41, 5.74) is 3.07. The molecule has 3 saturated carbocycles. The monoisotopic (exact) mass is 426 g/mol. The van der Waals surface area contributed by atoms with E-state index in [4.69, 9.17) is 0 Å². The minimum atomic E-state index is 0.532. The van der Waals surface area contributed by atoms with Gasteiger partial charge in [-0.3, -0.25) is 0 Å². The quantitative estimate of drug-likeness (QED) is 0.366. The van der Waals surface area contributed by atoms with Gasteiger partial charge in [0, 0.05) is 50.4 Å². The van der Waals surface area contributed by atoms with Crippen molar-refractivity contribution in [2.75, 3.05) is 40.3 Å². The Hall–Kier alpha value is -0.340. The summed E-state index contributed by atoms with van der Waals surface area (Å²) in [5, 5.41) is 0. The zero-order valence-electron chi connectivity index (χ0n) is 21.2. The molecule has 7 atom stereocenters. The lowest BCUT2D eigenvalue weighted by Crippen LogP contribution is -2.59. The third-order valence-corrected chi connectivity index (χ3v) is 12.8. The van der Waals surface area contributed by atoms with Gasteiger partial charge >= 0.3 is 0 Å². The molecule has 0 radical (unpaired) electrons. The Morgan fingerprint density at radius 3 is 2.19 bits per heavy atom. The summed E-state index contributed by atoms with van der Waals surface area (Å²) in [4.78, 5) is 0. The van der Waals surface area contributed by atoms with Crippen molar-refractivity contribution in [1.29, 1.82) is 0 Å². The number of hydrogen-bond donors (Lipinski definition) is 0. The van der Waals surface area contributed by atoms with Crippen LogP contribution in [0.4, 0.5) is 0 Å². The Labute approximate surface area is 192 Å². The molecule has 0 bridgehead atoms. The summed E-state index contributed by atoms with van der Waals surface area (Å²) in [6.45, 7) is 11.3. The third-order valence-electron chi connectivity index (χ3n) is 12.8. The highest BCUT2D eigenvalue weighted by atomic mass is 15.4. The van der Waals surface area contributed by atoms with Gasteiger partial charge < -0.3 is 8.97 Å². The lowest BCUT2D eigenvalue weighted by Gasteiger charge is -2.58. The van der Waals surface area contributed by atoms with Crippen LogP contribution in [-0.2, 0) is 0 Å². The predicted molar refractivity (Wildman–Crippen MR) is 130 cm³/mol. The fourth-order valence-corrected chi connectivity index (χ4v) is 10.9. The third kappa shape index (κ3) is 2.95. The number of rotatable bonds is 2. The summed E-state index contributed by atoms with van der Waals surface area (Å²) in [7, 11) is 5.21. The lowest BCUT2D eigenvalue weighted by atomic mass is 9.48. The molecule has 0 aromatic heterocycles. The molecule has 0 N–H and O–H groups in total. The van der Waals surface area contributed by atoms with Crippen LogP contribution in [0.2, 0.25) is 0 Å². The Morgan fingerprint density at radius 1 is 0.806 bits per heavy atom. The molecule has 0 unspecified atom stereocenters. The first-order chi connectivity index (χ1) is 14.8. The first-order valence-electron chi connectivity index (χ1n) is 14.2. The molecule has 4 aliphatic carbocycles. The minimum absolute atomic E-state index is 0.532. The van der Waals surface area contributed by atoms with Crippen LogP contribution >= 0.6 is 0 Å². The molecular weight excluding hydrogens is 376 g/mol. The molecule has 0 amide bonds. The van der Waals surface area contributed by atoms with Gasteiger partial charge in [-0.05, 0) is 55.3 Å². The molecular formula is C29H50N2+2. The van der Waals surface area contributed by atoms with Gasteiger partial charge in [-0.25, -0.2) is 0 Å². The van der Waals surface area contributed by atoms with Crippen molar-refractivity contribution in [3.8, 4) is 0 Å². The summed E-state index contributed by atoms with van der Waals surface area (Å²) < 4.78 is 2.81. The number of quaternary nitrogens is 2. The van der Waals surface area contributed by atoms with Gasteiger partial charge in [-0.2, -0.15) is 0 Å². The average molecular weight is 427 g/mol. The molecule has 5 fully saturated rings. The second-order valence-electron chi connectivity index (χ2n) is 14.1. The van der Waals surface area contributed by atoms with Crippen molar-refractivity contribution in [2.45, 2.75) is 103 Å². The van der Waals surface area contributed by atoms with E-state index >= 15 is 0 Å². The first-order valence-corrected chi connectivity index (χ1v) is 14.2. The van der Waals surface area contributed by atoms with Gasteiger partial charge in [0.05, 0.1) is 52.4 Å². The lowest BCUT2D eigenvalue weighted by molar-refractivity contribution is -0.928. The molecule has 0 spiro atoms. The number of allylic oxidation sites excluding steroid dienone is 2. The second kappa shape index (κ2) is 7.08. The fraction of sp³-hybridized carbons (Fsp3) is 0.931. The summed E-state index contributed by atoms with van der Waals surface area (Å²) in [5.74, 6) is 2.87. The molecule has 2 aliphatic heterocycles. The zero-order chi connectivity index (χ0) is 21.5. The molecule has 174 valence electrons. The molecule has 0 aromatic rings. The maximum Gasteiger partial charge on any atom is 0.0948 e. The van der Waals surface area contributed by atoms with E-state index in [0.717, 1.165) is 29.8 Å². The van der Waals surface area contributed by atoms with Crippen LogP contribution in [0, 0.1) is 28.6 Å². The molecule has 0 aromatic carbocycles. The Kier molecular flexibility index (Phi) is 4.84. The summed E-state index contributed by atoms with van der Waals surface area (Å²) >= 11 is 0. The van der Waals surface area contributed by atoms with Gasteiger partial charge in [0.25, 0.3) is 0 Å². The molecule has 2 heteroatoms. The van der Waals surface area contributed by atoms with Crippen LogP contribution in [0.5, 0.6) is 0 Å². The van der Waals surface area contributed by atoms with E-state index in [-0.39, 0.29) is 0 Å². The predicted octanol–water partition coefficient (Wildman–Crippen LogP) is 6.17. The molecule has 2 saturated heterocycles. The van der Waals surface area contributed by atoms with Crippen LogP contribution in [0.25, 0.3) is 0 Å².